The van der Waals surface area contributed by atoms with Crippen LogP contribution in [0.5, 0.6) is 0 Å². The number of hydrogen-bond acceptors (Lipinski definition) is 4. The van der Waals surface area contributed by atoms with E-state index < -0.39 is 0 Å². The van der Waals surface area contributed by atoms with Crippen molar-refractivity contribution in [1.82, 2.24) is 34.5 Å². The van der Waals surface area contributed by atoms with Gasteiger partial charge in [-0.3, -0.25) is 4.57 Å². The van der Waals surface area contributed by atoms with Crippen LogP contribution in [0.3, 0.4) is 0 Å². The fourth-order valence-electron chi connectivity index (χ4n) is 3.84. The third-order valence-corrected chi connectivity index (χ3v) is 5.48. The first kappa shape index (κ1) is 22.3. The molecule has 2 unspecified atom stereocenters. The van der Waals surface area contributed by atoms with Crippen LogP contribution < -0.4 is 5.32 Å². The summed E-state index contributed by atoms with van der Waals surface area (Å²) in [5.41, 5.74) is 1.04. The summed E-state index contributed by atoms with van der Waals surface area (Å²) in [7, 11) is 0. The summed E-state index contributed by atoms with van der Waals surface area (Å²) >= 11 is 0. The Labute approximate surface area is 194 Å². The molecule has 4 rings (SSSR count). The number of aromatic nitrogens is 5. The van der Waals surface area contributed by atoms with Crippen LogP contribution in [0.1, 0.15) is 32.1 Å². The standard InChI is InChI=1S/C21H28N8.HI/c1-3-23-21(27-11-9-17(2)19(14-27)28-12-10-22-15-28)24-13-20-26-25-16-29(20)18-7-5-4-6-8-18;/h4-8,10,12,15-17,19H,3,9,11,13-14H2,1-2H3,(H,23,24);1H. The van der Waals surface area contributed by atoms with Crippen molar-refractivity contribution < 1.29 is 0 Å². The highest BCUT2D eigenvalue weighted by Crippen LogP contribution is 2.27. The van der Waals surface area contributed by atoms with Gasteiger partial charge in [-0.25, -0.2) is 9.98 Å². The maximum Gasteiger partial charge on any atom is 0.194 e. The van der Waals surface area contributed by atoms with E-state index in [2.05, 4.69) is 50.0 Å². The third-order valence-electron chi connectivity index (χ3n) is 5.48. The highest BCUT2D eigenvalue weighted by atomic mass is 127. The second-order valence-corrected chi connectivity index (χ2v) is 7.41. The Balaban J connectivity index is 0.00000256. The summed E-state index contributed by atoms with van der Waals surface area (Å²) in [6.45, 7) is 7.61. The Bertz CT molecular complexity index is 922. The Hall–Kier alpha value is -2.43. The molecule has 160 valence electrons. The van der Waals surface area contributed by atoms with Crippen molar-refractivity contribution in [2.75, 3.05) is 19.6 Å². The summed E-state index contributed by atoms with van der Waals surface area (Å²) in [5, 5.41) is 11.8. The zero-order valence-electron chi connectivity index (χ0n) is 17.4. The molecule has 1 N–H and O–H groups in total. The lowest BCUT2D eigenvalue weighted by Crippen LogP contribution is -2.49. The Morgan fingerprint density at radius 3 is 2.80 bits per heavy atom. The fraction of sp³-hybridized carbons (Fsp3) is 0.429. The minimum atomic E-state index is 0. The van der Waals surface area contributed by atoms with Crippen LogP contribution >= 0.6 is 24.0 Å². The lowest BCUT2D eigenvalue weighted by Gasteiger charge is -2.39. The first-order chi connectivity index (χ1) is 14.3. The van der Waals surface area contributed by atoms with Gasteiger partial charge in [-0.1, -0.05) is 25.1 Å². The van der Waals surface area contributed by atoms with Crippen molar-refractivity contribution in [2.45, 2.75) is 32.9 Å². The van der Waals surface area contributed by atoms with E-state index >= 15 is 0 Å². The zero-order chi connectivity index (χ0) is 20.1. The number of para-hydroxylation sites is 1. The summed E-state index contributed by atoms with van der Waals surface area (Å²) in [5.74, 6) is 2.35. The molecule has 0 aliphatic carbocycles. The molecule has 0 radical (unpaired) electrons. The molecule has 1 fully saturated rings. The number of piperidine rings is 1. The number of benzene rings is 1. The molecule has 30 heavy (non-hydrogen) atoms. The second-order valence-electron chi connectivity index (χ2n) is 7.41. The first-order valence-corrected chi connectivity index (χ1v) is 10.2. The molecular formula is C21H29IN8. The Morgan fingerprint density at radius 2 is 2.07 bits per heavy atom. The maximum absolute atomic E-state index is 4.89. The van der Waals surface area contributed by atoms with Crippen molar-refractivity contribution >= 4 is 29.9 Å². The smallest absolute Gasteiger partial charge is 0.194 e. The summed E-state index contributed by atoms with van der Waals surface area (Å²) in [6, 6.07) is 10.5. The van der Waals surface area contributed by atoms with Gasteiger partial charge in [0, 0.05) is 37.7 Å². The predicted octanol–water partition coefficient (Wildman–Crippen LogP) is 3.13. The minimum Gasteiger partial charge on any atom is -0.357 e. The quantitative estimate of drug-likeness (QED) is 0.318. The highest BCUT2D eigenvalue weighted by molar-refractivity contribution is 14.0. The van der Waals surface area contributed by atoms with E-state index in [4.69, 9.17) is 4.99 Å². The first-order valence-electron chi connectivity index (χ1n) is 10.2. The summed E-state index contributed by atoms with van der Waals surface area (Å²) in [4.78, 5) is 11.5. The van der Waals surface area contributed by atoms with E-state index in [0.717, 1.165) is 43.5 Å². The average molecular weight is 520 g/mol. The molecule has 2 atom stereocenters. The number of nitrogens with one attached hydrogen (secondary N) is 1. The molecule has 0 saturated carbocycles. The van der Waals surface area contributed by atoms with Crippen LogP contribution in [0.2, 0.25) is 0 Å². The molecule has 3 aromatic rings. The van der Waals surface area contributed by atoms with E-state index in [0.29, 0.717) is 18.5 Å². The van der Waals surface area contributed by atoms with Crippen molar-refractivity contribution in [2.24, 2.45) is 10.9 Å². The van der Waals surface area contributed by atoms with Gasteiger partial charge >= 0.3 is 0 Å². The SMILES string of the molecule is CCNC(=NCc1nncn1-c1ccccc1)N1CCC(C)C(n2ccnc2)C1.I. The molecule has 3 heterocycles. The van der Waals surface area contributed by atoms with Gasteiger partial charge in [-0.05, 0) is 31.4 Å². The normalized spacial score (nSPS) is 19.4. The number of hydrogen-bond donors (Lipinski definition) is 1. The molecule has 0 bridgehead atoms. The number of nitrogens with zero attached hydrogens (tertiary/aromatic N) is 7. The maximum atomic E-state index is 4.89. The van der Waals surface area contributed by atoms with Gasteiger partial charge in [-0.15, -0.1) is 34.2 Å². The lowest BCUT2D eigenvalue weighted by molar-refractivity contribution is 0.189. The van der Waals surface area contributed by atoms with Gasteiger partial charge in [-0.2, -0.15) is 0 Å². The zero-order valence-corrected chi connectivity index (χ0v) is 19.8. The van der Waals surface area contributed by atoms with Gasteiger partial charge in [0.2, 0.25) is 0 Å². The van der Waals surface area contributed by atoms with Crippen molar-refractivity contribution in [3.8, 4) is 5.69 Å². The van der Waals surface area contributed by atoms with E-state index in [1.807, 2.05) is 47.4 Å². The molecule has 0 spiro atoms. The largest absolute Gasteiger partial charge is 0.357 e. The van der Waals surface area contributed by atoms with Gasteiger partial charge in [0.25, 0.3) is 0 Å². The van der Waals surface area contributed by atoms with Crippen molar-refractivity contribution in [3.63, 3.8) is 0 Å². The molecule has 0 amide bonds. The molecule has 8 nitrogen and oxygen atoms in total. The molecule has 9 heteroatoms. The van der Waals surface area contributed by atoms with Crippen LogP contribution in [0.4, 0.5) is 0 Å². The number of guanidine groups is 1. The Morgan fingerprint density at radius 1 is 1.23 bits per heavy atom. The number of rotatable bonds is 5. The number of likely N-dealkylation sites (tertiary alicyclic amines) is 1. The number of imidazole rings is 1. The molecule has 1 saturated heterocycles. The van der Waals surface area contributed by atoms with Gasteiger partial charge in [0.15, 0.2) is 11.8 Å². The topological polar surface area (TPSA) is 76.2 Å². The van der Waals surface area contributed by atoms with E-state index in [1.165, 1.54) is 0 Å². The van der Waals surface area contributed by atoms with Crippen LogP contribution in [-0.2, 0) is 6.54 Å². The Kier molecular flexibility index (Phi) is 7.83. The van der Waals surface area contributed by atoms with E-state index in [-0.39, 0.29) is 24.0 Å². The van der Waals surface area contributed by atoms with Crippen LogP contribution in [0.25, 0.3) is 5.69 Å². The van der Waals surface area contributed by atoms with Crippen molar-refractivity contribution in [1.29, 1.82) is 0 Å². The molecule has 2 aromatic heterocycles. The summed E-state index contributed by atoms with van der Waals surface area (Å²) < 4.78 is 4.20. The average Bonchev–Trinajstić information content (AvgIpc) is 3.44. The van der Waals surface area contributed by atoms with Gasteiger partial charge < -0.3 is 14.8 Å². The van der Waals surface area contributed by atoms with Crippen molar-refractivity contribution in [3.05, 3.63) is 61.2 Å². The number of aliphatic imine (C=N–C) groups is 1. The van der Waals surface area contributed by atoms with Gasteiger partial charge in [0.1, 0.15) is 12.9 Å². The van der Waals surface area contributed by atoms with E-state index in [9.17, 15) is 0 Å². The molecule has 1 aliphatic rings. The minimum absolute atomic E-state index is 0. The molecular weight excluding hydrogens is 491 g/mol. The predicted molar refractivity (Wildman–Crippen MR) is 128 cm³/mol. The van der Waals surface area contributed by atoms with Gasteiger partial charge in [0.05, 0.1) is 12.4 Å². The monoisotopic (exact) mass is 520 g/mol. The van der Waals surface area contributed by atoms with Crippen LogP contribution in [0, 0.1) is 5.92 Å². The number of halogens is 1. The van der Waals surface area contributed by atoms with Crippen LogP contribution in [-0.4, -0.2) is 54.8 Å². The highest BCUT2D eigenvalue weighted by Gasteiger charge is 2.29. The lowest BCUT2D eigenvalue weighted by atomic mass is 9.93. The third kappa shape index (κ3) is 5.00. The molecule has 1 aromatic carbocycles. The summed E-state index contributed by atoms with van der Waals surface area (Å²) in [6.07, 6.45) is 8.67. The second kappa shape index (κ2) is 10.6. The van der Waals surface area contributed by atoms with E-state index in [1.54, 1.807) is 6.33 Å². The molecule has 1 aliphatic heterocycles. The fourth-order valence-corrected chi connectivity index (χ4v) is 3.84. The van der Waals surface area contributed by atoms with Crippen LogP contribution in [0.15, 0.2) is 60.4 Å².